The molecule has 0 aliphatic carbocycles. The number of ether oxygens (including phenoxy) is 3. The second kappa shape index (κ2) is 11.2. The van der Waals surface area contributed by atoms with Crippen molar-refractivity contribution in [2.24, 2.45) is 0 Å². The second-order valence-corrected chi connectivity index (χ2v) is 9.12. The van der Waals surface area contributed by atoms with E-state index in [1.807, 2.05) is 39.8 Å². The highest BCUT2D eigenvalue weighted by atomic mass is 16.7. The molecule has 7 nitrogen and oxygen atoms in total. The van der Waals surface area contributed by atoms with Crippen molar-refractivity contribution in [2.45, 2.75) is 58.0 Å². The van der Waals surface area contributed by atoms with Gasteiger partial charge in [0.1, 0.15) is 11.5 Å². The third kappa shape index (κ3) is 6.70. The molecule has 1 atom stereocenters. The molecule has 1 aliphatic heterocycles. The zero-order valence-electron chi connectivity index (χ0n) is 20.3. The number of esters is 1. The highest BCUT2D eigenvalue weighted by molar-refractivity contribution is 6.62. The molecule has 34 heavy (non-hydrogen) atoms. The summed E-state index contributed by atoms with van der Waals surface area (Å²) in [6.07, 6.45) is 1.93. The molecule has 1 saturated heterocycles. The fourth-order valence-electron chi connectivity index (χ4n) is 3.19. The van der Waals surface area contributed by atoms with E-state index in [1.54, 1.807) is 36.4 Å². The number of unbranched alkanes of at least 4 members (excludes halogenated alkanes) is 1. The molecule has 1 heterocycles. The standard InChI is InChI=1S/C26H33BO7/c1-6-23(28)31-18-8-7-17-30-21-13-9-19(10-14-21)24(29)32-22-15-11-20(12-16-22)27-33-25(2,3)26(4,5)34-27/h6,9-16,23,28H,1,7-8,17-18H2,2-5H3. The highest BCUT2D eigenvalue weighted by Crippen LogP contribution is 2.36. The molecule has 2 aromatic rings. The fourth-order valence-corrected chi connectivity index (χ4v) is 3.19. The van der Waals surface area contributed by atoms with Gasteiger partial charge < -0.3 is 28.6 Å². The molecule has 0 amide bonds. The molecule has 8 heteroatoms. The summed E-state index contributed by atoms with van der Waals surface area (Å²) in [7, 11) is -0.464. The monoisotopic (exact) mass is 468 g/mol. The molecule has 0 saturated carbocycles. The summed E-state index contributed by atoms with van der Waals surface area (Å²) < 4.78 is 28.4. The number of aliphatic hydroxyl groups is 1. The van der Waals surface area contributed by atoms with Crippen molar-refractivity contribution in [3.63, 3.8) is 0 Å². The number of benzene rings is 2. The summed E-state index contributed by atoms with van der Waals surface area (Å²) in [5, 5.41) is 9.23. The lowest BCUT2D eigenvalue weighted by atomic mass is 9.79. The quantitative estimate of drug-likeness (QED) is 0.134. The third-order valence-electron chi connectivity index (χ3n) is 6.00. The van der Waals surface area contributed by atoms with Crippen LogP contribution >= 0.6 is 0 Å². The van der Waals surface area contributed by atoms with Gasteiger partial charge in [0.15, 0.2) is 6.29 Å². The topological polar surface area (TPSA) is 83.5 Å². The number of hydrogen-bond donors (Lipinski definition) is 1. The van der Waals surface area contributed by atoms with Gasteiger partial charge in [-0.1, -0.05) is 18.7 Å². The average Bonchev–Trinajstić information content (AvgIpc) is 3.03. The lowest BCUT2D eigenvalue weighted by molar-refractivity contribution is -0.0652. The van der Waals surface area contributed by atoms with Crippen LogP contribution in [0, 0.1) is 0 Å². The van der Waals surface area contributed by atoms with Crippen LogP contribution in [0.25, 0.3) is 0 Å². The summed E-state index contributed by atoms with van der Waals surface area (Å²) in [5.74, 6) is 0.651. The van der Waals surface area contributed by atoms with E-state index in [2.05, 4.69) is 6.58 Å². The third-order valence-corrected chi connectivity index (χ3v) is 6.00. The second-order valence-electron chi connectivity index (χ2n) is 9.12. The van der Waals surface area contributed by atoms with Crippen molar-refractivity contribution in [2.75, 3.05) is 13.2 Å². The van der Waals surface area contributed by atoms with Gasteiger partial charge in [0, 0.05) is 0 Å². The van der Waals surface area contributed by atoms with Gasteiger partial charge in [-0.3, -0.25) is 0 Å². The maximum Gasteiger partial charge on any atom is 0.494 e. The van der Waals surface area contributed by atoms with Gasteiger partial charge in [-0.05, 0) is 88.5 Å². The first-order chi connectivity index (χ1) is 16.1. The fraction of sp³-hybridized carbons (Fsp3) is 0.423. The van der Waals surface area contributed by atoms with Crippen LogP contribution in [0.15, 0.2) is 61.2 Å². The van der Waals surface area contributed by atoms with Crippen molar-refractivity contribution < 1.29 is 33.4 Å². The van der Waals surface area contributed by atoms with Crippen LogP contribution in [0.5, 0.6) is 11.5 Å². The predicted molar refractivity (Wildman–Crippen MR) is 130 cm³/mol. The molecule has 0 aromatic heterocycles. The Hall–Kier alpha value is -2.65. The van der Waals surface area contributed by atoms with Crippen molar-refractivity contribution in [1.82, 2.24) is 0 Å². The molecular weight excluding hydrogens is 435 g/mol. The zero-order chi connectivity index (χ0) is 24.8. The molecule has 0 bridgehead atoms. The van der Waals surface area contributed by atoms with E-state index in [-0.39, 0.29) is 0 Å². The Morgan fingerprint density at radius 1 is 0.971 bits per heavy atom. The van der Waals surface area contributed by atoms with Crippen LogP contribution < -0.4 is 14.9 Å². The minimum Gasteiger partial charge on any atom is -0.494 e. The van der Waals surface area contributed by atoms with Gasteiger partial charge in [0.2, 0.25) is 0 Å². The number of carbonyl (C=O) groups is 1. The molecule has 1 unspecified atom stereocenters. The Morgan fingerprint density at radius 3 is 2.12 bits per heavy atom. The predicted octanol–water partition coefficient (Wildman–Crippen LogP) is 3.89. The smallest absolute Gasteiger partial charge is 0.494 e. The molecule has 3 rings (SSSR count). The van der Waals surface area contributed by atoms with Crippen molar-refractivity contribution in [3.8, 4) is 11.5 Å². The van der Waals surface area contributed by atoms with E-state index >= 15 is 0 Å². The molecule has 0 radical (unpaired) electrons. The lowest BCUT2D eigenvalue weighted by Crippen LogP contribution is -2.41. The van der Waals surface area contributed by atoms with E-state index in [0.717, 1.165) is 18.3 Å². The van der Waals surface area contributed by atoms with Crippen LogP contribution in [-0.2, 0) is 14.0 Å². The van der Waals surface area contributed by atoms with Gasteiger partial charge in [-0.15, -0.1) is 0 Å². The van der Waals surface area contributed by atoms with Gasteiger partial charge >= 0.3 is 13.1 Å². The highest BCUT2D eigenvalue weighted by Gasteiger charge is 2.51. The SMILES string of the molecule is C=CC(O)OCCCCOc1ccc(C(=O)Oc2ccc(B3OC(C)(C)C(C)(C)O3)cc2)cc1. The normalized spacial score (nSPS) is 17.3. The van der Waals surface area contributed by atoms with Crippen LogP contribution in [0.1, 0.15) is 50.9 Å². The maximum atomic E-state index is 12.5. The van der Waals surface area contributed by atoms with E-state index in [1.165, 1.54) is 6.08 Å². The van der Waals surface area contributed by atoms with Crippen molar-refractivity contribution >= 4 is 18.6 Å². The van der Waals surface area contributed by atoms with Crippen molar-refractivity contribution in [1.29, 1.82) is 0 Å². The van der Waals surface area contributed by atoms with Crippen molar-refractivity contribution in [3.05, 3.63) is 66.7 Å². The number of rotatable bonds is 11. The Balaban J connectivity index is 1.45. The molecule has 1 fully saturated rings. The Kier molecular flexibility index (Phi) is 8.54. The minimum atomic E-state index is -0.929. The van der Waals surface area contributed by atoms with Crippen LogP contribution in [0.2, 0.25) is 0 Å². The number of hydrogen-bond acceptors (Lipinski definition) is 7. The van der Waals surface area contributed by atoms with Crippen LogP contribution in [0.4, 0.5) is 0 Å². The first-order valence-corrected chi connectivity index (χ1v) is 11.4. The summed E-state index contributed by atoms with van der Waals surface area (Å²) >= 11 is 0. The van der Waals surface area contributed by atoms with E-state index < -0.39 is 30.6 Å². The first kappa shape index (κ1) is 26.0. The van der Waals surface area contributed by atoms with Gasteiger partial charge in [-0.25, -0.2) is 4.79 Å². The Morgan fingerprint density at radius 2 is 1.53 bits per heavy atom. The molecule has 1 N–H and O–H groups in total. The minimum absolute atomic E-state index is 0.415. The average molecular weight is 468 g/mol. The Labute approximate surface area is 201 Å². The Bertz CT molecular complexity index is 938. The first-order valence-electron chi connectivity index (χ1n) is 11.4. The molecule has 2 aromatic carbocycles. The maximum absolute atomic E-state index is 12.5. The van der Waals surface area contributed by atoms with Crippen LogP contribution in [0.3, 0.4) is 0 Å². The van der Waals surface area contributed by atoms with Gasteiger partial charge in [0.05, 0.1) is 30.0 Å². The van der Waals surface area contributed by atoms with E-state index in [4.69, 9.17) is 23.5 Å². The molecule has 1 aliphatic rings. The number of carbonyl (C=O) groups excluding carboxylic acids is 1. The molecule has 0 spiro atoms. The lowest BCUT2D eigenvalue weighted by Gasteiger charge is -2.32. The largest absolute Gasteiger partial charge is 0.494 e. The summed E-state index contributed by atoms with van der Waals surface area (Å²) in [4.78, 5) is 12.5. The molecule has 182 valence electrons. The zero-order valence-corrected chi connectivity index (χ0v) is 20.3. The van der Waals surface area contributed by atoms with Gasteiger partial charge in [0.25, 0.3) is 0 Å². The number of aliphatic hydroxyl groups excluding tert-OH is 1. The summed E-state index contributed by atoms with van der Waals surface area (Å²) in [5.41, 5.74) is 0.460. The summed E-state index contributed by atoms with van der Waals surface area (Å²) in [6.45, 7) is 12.4. The van der Waals surface area contributed by atoms with E-state index in [9.17, 15) is 9.90 Å². The van der Waals surface area contributed by atoms with Crippen LogP contribution in [-0.4, -0.2) is 48.9 Å². The van der Waals surface area contributed by atoms with Gasteiger partial charge in [-0.2, -0.15) is 0 Å². The summed E-state index contributed by atoms with van der Waals surface area (Å²) in [6, 6.07) is 13.9. The van der Waals surface area contributed by atoms with E-state index in [0.29, 0.717) is 30.3 Å². The molecular formula is C26H33BO7.